The minimum Gasteiger partial charge on any atom is -0.307 e. The Hall–Kier alpha value is -5.96. The molecule has 8 heteroatoms. The maximum Gasteiger partial charge on any atom is 0.416 e. The van der Waals surface area contributed by atoms with E-state index in [1.807, 2.05) is 6.07 Å². The largest absolute Gasteiger partial charge is 0.416 e. The SMILES string of the molecule is O=C(Cn1cc(SN2CCC(c3ccc(-c4ccc(-c5ccc(-c6ccccc6)cc5)cc4)cc3)CC2)ccc1=O)c1ccc(-c2cccc(C(F)(F)F)c2)cc1. The molecule has 1 aliphatic rings. The number of benzene rings is 6. The number of pyridine rings is 1. The Balaban J connectivity index is 0.838. The Labute approximate surface area is 334 Å². The van der Waals surface area contributed by atoms with Crippen LogP contribution in [-0.4, -0.2) is 27.7 Å². The minimum atomic E-state index is -4.44. The first-order chi connectivity index (χ1) is 27.7. The van der Waals surface area contributed by atoms with Crippen molar-refractivity contribution in [3.63, 3.8) is 0 Å². The minimum absolute atomic E-state index is 0.138. The van der Waals surface area contributed by atoms with Gasteiger partial charge in [0.2, 0.25) is 0 Å². The molecule has 0 radical (unpaired) electrons. The molecule has 2 heterocycles. The first kappa shape index (κ1) is 37.9. The molecular weight excluding hydrogens is 738 g/mol. The number of Topliss-reactive ketones (excluding diaryl/α,β-unsaturated/α-hetero) is 1. The number of rotatable bonds is 10. The molecule has 8 rings (SSSR count). The van der Waals surface area contributed by atoms with Crippen LogP contribution in [0.15, 0.2) is 180 Å². The molecule has 284 valence electrons. The van der Waals surface area contributed by atoms with Gasteiger partial charge in [0.05, 0.1) is 12.1 Å². The van der Waals surface area contributed by atoms with E-state index < -0.39 is 11.7 Å². The molecule has 1 fully saturated rings. The number of carbonyl (C=O) groups is 1. The Morgan fingerprint density at radius 2 is 1.07 bits per heavy atom. The van der Waals surface area contributed by atoms with Crippen LogP contribution in [0.25, 0.3) is 44.5 Å². The van der Waals surface area contributed by atoms with Gasteiger partial charge >= 0.3 is 6.18 Å². The highest BCUT2D eigenvalue weighted by Crippen LogP contribution is 2.35. The van der Waals surface area contributed by atoms with E-state index in [-0.39, 0.29) is 17.9 Å². The van der Waals surface area contributed by atoms with Crippen molar-refractivity contribution >= 4 is 17.7 Å². The number of alkyl halides is 3. The van der Waals surface area contributed by atoms with Crippen LogP contribution in [0.2, 0.25) is 0 Å². The monoisotopic (exact) mass is 776 g/mol. The summed E-state index contributed by atoms with van der Waals surface area (Å²) in [6, 6.07) is 51.6. The van der Waals surface area contributed by atoms with Crippen molar-refractivity contribution in [1.82, 2.24) is 8.87 Å². The Morgan fingerprint density at radius 3 is 1.63 bits per heavy atom. The lowest BCUT2D eigenvalue weighted by molar-refractivity contribution is -0.137. The number of piperidine rings is 1. The lowest BCUT2D eigenvalue weighted by Crippen LogP contribution is -2.28. The van der Waals surface area contributed by atoms with Crippen molar-refractivity contribution in [1.29, 1.82) is 0 Å². The van der Waals surface area contributed by atoms with E-state index in [1.165, 1.54) is 55.6 Å². The first-order valence-electron chi connectivity index (χ1n) is 19.0. The molecule has 6 aromatic carbocycles. The molecule has 0 amide bonds. The predicted octanol–water partition coefficient (Wildman–Crippen LogP) is 12.3. The van der Waals surface area contributed by atoms with Crippen LogP contribution in [0.1, 0.15) is 40.2 Å². The summed E-state index contributed by atoms with van der Waals surface area (Å²) in [5.74, 6) is 0.201. The molecular formula is C49H39F3N2O2S. The van der Waals surface area contributed by atoms with E-state index in [4.69, 9.17) is 0 Å². The number of halogens is 3. The fourth-order valence-corrected chi connectivity index (χ4v) is 8.37. The van der Waals surface area contributed by atoms with Crippen LogP contribution in [0.4, 0.5) is 13.2 Å². The fraction of sp³-hybridized carbons (Fsp3) is 0.143. The zero-order chi connectivity index (χ0) is 39.4. The zero-order valence-electron chi connectivity index (χ0n) is 31.0. The third-order valence-corrected chi connectivity index (χ3v) is 11.7. The number of hydrogen-bond donors (Lipinski definition) is 0. The van der Waals surface area contributed by atoms with E-state index >= 15 is 0 Å². The summed E-state index contributed by atoms with van der Waals surface area (Å²) in [7, 11) is 0. The van der Waals surface area contributed by atoms with E-state index in [1.54, 1.807) is 54.5 Å². The number of hydrogen-bond acceptors (Lipinski definition) is 4. The molecule has 0 atom stereocenters. The maximum atomic E-state index is 13.2. The summed E-state index contributed by atoms with van der Waals surface area (Å²) < 4.78 is 43.3. The fourth-order valence-electron chi connectivity index (χ4n) is 7.37. The number of carbonyl (C=O) groups excluding carboxylic acids is 1. The molecule has 0 unspecified atom stereocenters. The second kappa shape index (κ2) is 16.6. The van der Waals surface area contributed by atoms with Crippen LogP contribution in [-0.2, 0) is 12.7 Å². The van der Waals surface area contributed by atoms with E-state index in [2.05, 4.69) is 101 Å². The lowest BCUT2D eigenvalue weighted by Gasteiger charge is -2.31. The highest BCUT2D eigenvalue weighted by Gasteiger charge is 2.30. The van der Waals surface area contributed by atoms with Crippen molar-refractivity contribution in [3.8, 4) is 44.5 Å². The number of nitrogens with zero attached hydrogens (tertiary/aromatic N) is 2. The molecule has 0 bridgehead atoms. The van der Waals surface area contributed by atoms with Gasteiger partial charge in [-0.2, -0.15) is 13.2 Å². The van der Waals surface area contributed by atoms with Gasteiger partial charge in [0.1, 0.15) is 0 Å². The molecule has 0 N–H and O–H groups in total. The molecule has 4 nitrogen and oxygen atoms in total. The summed E-state index contributed by atoms with van der Waals surface area (Å²) in [5.41, 5.74) is 8.88. The Morgan fingerprint density at radius 1 is 0.579 bits per heavy atom. The number of ketones is 1. The Bertz CT molecular complexity index is 2520. The second-order valence-corrected chi connectivity index (χ2v) is 15.5. The quantitative estimate of drug-likeness (QED) is 0.102. The van der Waals surface area contributed by atoms with Crippen LogP contribution >= 0.6 is 11.9 Å². The van der Waals surface area contributed by atoms with Crippen molar-refractivity contribution in [2.24, 2.45) is 0 Å². The second-order valence-electron chi connectivity index (χ2n) is 14.3. The molecule has 1 aromatic heterocycles. The van der Waals surface area contributed by atoms with Gasteiger partial charge in [-0.25, -0.2) is 4.31 Å². The van der Waals surface area contributed by atoms with Crippen molar-refractivity contribution in [2.45, 2.75) is 36.4 Å². The molecule has 0 saturated carbocycles. The third kappa shape index (κ3) is 9.04. The smallest absolute Gasteiger partial charge is 0.307 e. The van der Waals surface area contributed by atoms with Crippen LogP contribution in [0, 0.1) is 0 Å². The normalized spacial score (nSPS) is 13.7. The standard InChI is InChI=1S/C49H39F3N2O2S/c50-49(51,52)45-8-4-7-44(31-45)41-21-23-43(24-22-41)47(55)33-53-32-46(25-26-48(53)56)57-54-29-27-42(28-30-54)40-19-17-39(18-20-40)38-15-13-37(14-16-38)36-11-9-35(10-12-36)34-5-2-1-3-6-34/h1-26,31-32,42H,27-30,33H2. The molecule has 57 heavy (non-hydrogen) atoms. The van der Waals surface area contributed by atoms with Crippen LogP contribution in [0.5, 0.6) is 0 Å². The summed E-state index contributed by atoms with van der Waals surface area (Å²) in [6.45, 7) is 1.64. The summed E-state index contributed by atoms with van der Waals surface area (Å²) >= 11 is 1.59. The molecule has 0 spiro atoms. The molecule has 7 aromatic rings. The third-order valence-electron chi connectivity index (χ3n) is 10.6. The van der Waals surface area contributed by atoms with E-state index in [0.29, 0.717) is 22.6 Å². The molecule has 0 aliphatic carbocycles. The van der Waals surface area contributed by atoms with E-state index in [9.17, 15) is 22.8 Å². The van der Waals surface area contributed by atoms with Gasteiger partial charge in [0, 0.05) is 35.8 Å². The van der Waals surface area contributed by atoms with Crippen LogP contribution in [0.3, 0.4) is 0 Å². The Kier molecular flexibility index (Phi) is 11.1. The van der Waals surface area contributed by atoms with E-state index in [0.717, 1.165) is 43.0 Å². The van der Waals surface area contributed by atoms with Gasteiger partial charge in [-0.3, -0.25) is 9.59 Å². The average molecular weight is 777 g/mol. The summed E-state index contributed by atoms with van der Waals surface area (Å²) in [6.07, 6.45) is -0.692. The first-order valence-corrected chi connectivity index (χ1v) is 19.7. The maximum absolute atomic E-state index is 13.2. The molecule has 1 aliphatic heterocycles. The summed E-state index contributed by atoms with van der Waals surface area (Å²) in [5, 5.41) is 0. The van der Waals surface area contributed by atoms with Gasteiger partial charge in [0.25, 0.3) is 5.56 Å². The highest BCUT2D eigenvalue weighted by molar-refractivity contribution is 7.97. The highest BCUT2D eigenvalue weighted by atomic mass is 32.2. The van der Waals surface area contributed by atoms with Crippen molar-refractivity contribution in [3.05, 3.63) is 197 Å². The topological polar surface area (TPSA) is 42.3 Å². The summed E-state index contributed by atoms with van der Waals surface area (Å²) in [4.78, 5) is 26.8. The van der Waals surface area contributed by atoms with Gasteiger partial charge in [0.15, 0.2) is 5.78 Å². The van der Waals surface area contributed by atoms with Crippen LogP contribution < -0.4 is 5.56 Å². The van der Waals surface area contributed by atoms with Gasteiger partial charge in [-0.05, 0) is 99.0 Å². The number of aromatic nitrogens is 1. The van der Waals surface area contributed by atoms with Gasteiger partial charge in [-0.15, -0.1) is 0 Å². The van der Waals surface area contributed by atoms with Crippen molar-refractivity contribution < 1.29 is 18.0 Å². The van der Waals surface area contributed by atoms with Gasteiger partial charge < -0.3 is 4.57 Å². The zero-order valence-corrected chi connectivity index (χ0v) is 31.8. The molecule has 1 saturated heterocycles. The van der Waals surface area contributed by atoms with Gasteiger partial charge in [-0.1, -0.05) is 140 Å². The lowest BCUT2D eigenvalue weighted by atomic mass is 9.89. The average Bonchev–Trinajstić information content (AvgIpc) is 3.25. The van der Waals surface area contributed by atoms with Crippen molar-refractivity contribution in [2.75, 3.05) is 13.1 Å². The predicted molar refractivity (Wildman–Crippen MR) is 224 cm³/mol.